The Kier molecular flexibility index (Phi) is 9.69. The normalized spacial score (nSPS) is 18.7. The summed E-state index contributed by atoms with van der Waals surface area (Å²) < 4.78 is 69.3. The number of amides is 1. The van der Waals surface area contributed by atoms with Crippen LogP contribution < -0.4 is 14.2 Å². The molecule has 1 aromatic heterocycles. The molecule has 15 heteroatoms. The number of hydrogen-bond donors (Lipinski definition) is 2. The number of imidazole rings is 1. The molecule has 2 N–H and O–H groups in total. The number of hydrogen-bond acceptors (Lipinski definition) is 9. The Morgan fingerprint density at radius 1 is 1.19 bits per heavy atom. The third kappa shape index (κ3) is 7.29. The number of aromatic nitrogens is 2. The number of fused-ring (bicyclic) bond motifs is 1. The second kappa shape index (κ2) is 12.9. The number of methoxy groups -OCH3 is 1. The van der Waals surface area contributed by atoms with Gasteiger partial charge in [-0.15, -0.1) is 0 Å². The Balaban J connectivity index is 1.67. The van der Waals surface area contributed by atoms with Gasteiger partial charge in [-0.05, 0) is 49.4 Å². The van der Waals surface area contributed by atoms with E-state index in [2.05, 4.69) is 9.71 Å². The minimum Gasteiger partial charge on any atom is -0.497 e. The lowest BCUT2D eigenvalue weighted by Gasteiger charge is -2.33. The second-order valence-corrected chi connectivity index (χ2v) is 14.3. The summed E-state index contributed by atoms with van der Waals surface area (Å²) in [6.07, 6.45) is 1.91. The maximum atomic E-state index is 13.5. The van der Waals surface area contributed by atoms with E-state index in [1.165, 1.54) is 59.8 Å². The third-order valence-corrected chi connectivity index (χ3v) is 10.4. The number of anilines is 1. The summed E-state index contributed by atoms with van der Waals surface area (Å²) in [5, 5.41) is 9.71. The van der Waals surface area contributed by atoms with E-state index in [1.807, 2.05) is 6.92 Å². The molecule has 43 heavy (non-hydrogen) atoms. The second-order valence-electron chi connectivity index (χ2n) is 10.7. The lowest BCUT2D eigenvalue weighted by molar-refractivity contribution is -0.134. The minimum absolute atomic E-state index is 0.0431. The molecule has 0 spiro atoms. The van der Waals surface area contributed by atoms with Crippen molar-refractivity contribution in [2.24, 2.45) is 13.0 Å². The van der Waals surface area contributed by atoms with Crippen molar-refractivity contribution in [3.05, 3.63) is 60.6 Å². The number of likely N-dealkylation sites (N-methyl/N-ethyl adjacent to an activating group) is 1. The summed E-state index contributed by atoms with van der Waals surface area (Å²) in [7, 11) is -3.30. The fourth-order valence-corrected chi connectivity index (χ4v) is 6.94. The highest BCUT2D eigenvalue weighted by atomic mass is 32.2. The Bertz CT molecular complexity index is 1660. The van der Waals surface area contributed by atoms with Gasteiger partial charge < -0.3 is 24.0 Å². The van der Waals surface area contributed by atoms with Gasteiger partial charge in [-0.3, -0.25) is 9.52 Å². The van der Waals surface area contributed by atoms with Crippen LogP contribution >= 0.6 is 0 Å². The first-order chi connectivity index (χ1) is 20.2. The molecule has 1 amide bonds. The van der Waals surface area contributed by atoms with Gasteiger partial charge in [-0.1, -0.05) is 6.92 Å². The van der Waals surface area contributed by atoms with Crippen LogP contribution in [0, 0.1) is 5.92 Å². The zero-order valence-corrected chi connectivity index (χ0v) is 26.3. The predicted molar refractivity (Wildman–Crippen MR) is 159 cm³/mol. The molecular formula is C28H37N5O8S2. The van der Waals surface area contributed by atoms with Crippen molar-refractivity contribution in [3.8, 4) is 11.5 Å². The van der Waals surface area contributed by atoms with Gasteiger partial charge >= 0.3 is 0 Å². The van der Waals surface area contributed by atoms with E-state index in [0.717, 1.165) is 0 Å². The van der Waals surface area contributed by atoms with Crippen molar-refractivity contribution in [1.82, 2.24) is 18.8 Å². The summed E-state index contributed by atoms with van der Waals surface area (Å²) in [4.78, 5) is 19.0. The Hall–Kier alpha value is -3.66. The number of nitrogens with zero attached hydrogens (tertiary/aromatic N) is 4. The van der Waals surface area contributed by atoms with Crippen molar-refractivity contribution in [3.63, 3.8) is 0 Å². The van der Waals surface area contributed by atoms with Gasteiger partial charge in [0.1, 0.15) is 17.6 Å². The number of carbonyl (C=O) groups excluding carboxylic acids is 1. The molecule has 13 nitrogen and oxygen atoms in total. The fraction of sp³-hybridized carbons (Fsp3) is 0.429. The summed E-state index contributed by atoms with van der Waals surface area (Å²) in [5.74, 6) is 0.207. The molecule has 234 valence electrons. The topological polar surface area (TPSA) is 160 Å². The average molecular weight is 636 g/mol. The van der Waals surface area contributed by atoms with Crippen LogP contribution in [0.5, 0.6) is 11.5 Å². The Morgan fingerprint density at radius 3 is 2.49 bits per heavy atom. The zero-order chi connectivity index (χ0) is 31.5. The first kappa shape index (κ1) is 32.3. The quantitative estimate of drug-likeness (QED) is 0.338. The molecule has 3 atom stereocenters. The molecule has 4 rings (SSSR count). The van der Waals surface area contributed by atoms with E-state index in [1.54, 1.807) is 37.1 Å². The molecule has 0 radical (unpaired) electrons. The monoisotopic (exact) mass is 635 g/mol. The van der Waals surface area contributed by atoms with Crippen molar-refractivity contribution >= 4 is 31.6 Å². The van der Waals surface area contributed by atoms with Gasteiger partial charge in [-0.25, -0.2) is 13.4 Å². The van der Waals surface area contributed by atoms with E-state index in [-0.39, 0.29) is 53.6 Å². The maximum absolute atomic E-state index is 13.5. The molecule has 2 heterocycles. The highest BCUT2D eigenvalue weighted by molar-refractivity contribution is 7.92. The SMILES string of the molecule is COc1ccc(S(=O)(=O)N(C)C[C@H]2Oc3ccc(NS(=O)(=O)c4cn(C)cn4)cc3CC(=O)N([C@H](C)CO)C[C@H]2C)cc1. The summed E-state index contributed by atoms with van der Waals surface area (Å²) in [6, 6.07) is 10.1. The van der Waals surface area contributed by atoms with Crippen LogP contribution in [0.15, 0.2) is 64.9 Å². The molecule has 0 fully saturated rings. The Labute approximate surface area is 252 Å². The molecule has 1 aliphatic rings. The molecular weight excluding hydrogens is 598 g/mol. The fourth-order valence-electron chi connectivity index (χ4n) is 4.73. The van der Waals surface area contributed by atoms with Crippen molar-refractivity contribution < 1.29 is 36.2 Å². The molecule has 0 aliphatic carbocycles. The molecule has 0 saturated carbocycles. The van der Waals surface area contributed by atoms with Gasteiger partial charge in [0.2, 0.25) is 15.9 Å². The van der Waals surface area contributed by atoms with Gasteiger partial charge in [0.25, 0.3) is 10.0 Å². The summed E-state index contributed by atoms with van der Waals surface area (Å²) >= 11 is 0. The number of sulfonamides is 2. The first-order valence-electron chi connectivity index (χ1n) is 13.6. The first-order valence-corrected chi connectivity index (χ1v) is 16.5. The van der Waals surface area contributed by atoms with Crippen molar-refractivity contribution in [2.45, 2.75) is 42.3 Å². The van der Waals surface area contributed by atoms with E-state index in [9.17, 15) is 26.7 Å². The number of aliphatic hydroxyl groups is 1. The number of benzene rings is 2. The predicted octanol–water partition coefficient (Wildman–Crippen LogP) is 1.70. The Morgan fingerprint density at radius 2 is 1.88 bits per heavy atom. The maximum Gasteiger partial charge on any atom is 0.280 e. The van der Waals surface area contributed by atoms with Gasteiger partial charge in [0.05, 0.1) is 43.9 Å². The largest absolute Gasteiger partial charge is 0.497 e. The third-order valence-electron chi connectivity index (χ3n) is 7.33. The lowest BCUT2D eigenvalue weighted by atomic mass is 10.0. The molecule has 0 saturated heterocycles. The number of nitrogens with one attached hydrogen (secondary N) is 1. The lowest BCUT2D eigenvalue weighted by Crippen LogP contribution is -2.48. The summed E-state index contributed by atoms with van der Waals surface area (Å²) in [6.45, 7) is 3.46. The van der Waals surface area contributed by atoms with E-state index >= 15 is 0 Å². The summed E-state index contributed by atoms with van der Waals surface area (Å²) in [5.41, 5.74) is 0.603. The van der Waals surface area contributed by atoms with Gasteiger partial charge in [-0.2, -0.15) is 12.7 Å². The van der Waals surface area contributed by atoms with Crippen LogP contribution in [0.1, 0.15) is 19.4 Å². The van der Waals surface area contributed by atoms with Gasteiger partial charge in [0.15, 0.2) is 5.03 Å². The molecule has 3 aromatic rings. The zero-order valence-electron chi connectivity index (χ0n) is 24.7. The molecule has 1 aliphatic heterocycles. The smallest absolute Gasteiger partial charge is 0.280 e. The van der Waals surface area contributed by atoms with Crippen LogP contribution in [0.3, 0.4) is 0 Å². The van der Waals surface area contributed by atoms with Crippen molar-refractivity contribution in [2.75, 3.05) is 38.6 Å². The highest BCUT2D eigenvalue weighted by Crippen LogP contribution is 2.30. The number of rotatable bonds is 10. The molecule has 2 aromatic carbocycles. The van der Waals surface area contributed by atoms with Crippen LogP contribution in [-0.2, 0) is 38.3 Å². The highest BCUT2D eigenvalue weighted by Gasteiger charge is 2.33. The molecule has 0 unspecified atom stereocenters. The average Bonchev–Trinajstić information content (AvgIpc) is 3.43. The van der Waals surface area contributed by atoms with Gasteiger partial charge in [0, 0.05) is 44.0 Å². The van der Waals surface area contributed by atoms with Crippen molar-refractivity contribution in [1.29, 1.82) is 0 Å². The van der Waals surface area contributed by atoms with E-state index < -0.39 is 32.2 Å². The van der Waals surface area contributed by atoms with Crippen LogP contribution in [0.2, 0.25) is 0 Å². The number of carbonyl (C=O) groups is 1. The van der Waals surface area contributed by atoms with Crippen LogP contribution in [-0.4, -0.2) is 92.6 Å². The van der Waals surface area contributed by atoms with Crippen LogP contribution in [0.4, 0.5) is 5.69 Å². The van der Waals surface area contributed by atoms with E-state index in [0.29, 0.717) is 17.1 Å². The molecule has 0 bridgehead atoms. The number of ether oxygens (including phenoxy) is 2. The van der Waals surface area contributed by atoms with E-state index in [4.69, 9.17) is 9.47 Å². The minimum atomic E-state index is -4.00. The standard InChI is InChI=1S/C28H37N5O8S2/c1-19-14-33(20(2)17-34)28(35)13-21-12-22(30-42(36,37)27-16-31(3)18-29-27)6-11-25(21)41-26(19)15-32(4)43(38,39)24-9-7-23(40-5)8-10-24/h6-12,16,18-20,26,30,34H,13-15,17H2,1-5H3/t19-,20-,26-/m1/s1. The number of aryl methyl sites for hydroxylation is 1. The number of aliphatic hydroxyl groups excluding tert-OH is 1. The van der Waals surface area contributed by atoms with Crippen LogP contribution in [0.25, 0.3) is 0 Å².